The molecule has 0 aliphatic rings. The number of aromatic nitrogens is 2. The number of ether oxygens (including phenoxy) is 1. The minimum absolute atomic E-state index is 0.619. The lowest BCUT2D eigenvalue weighted by atomic mass is 10.2. The van der Waals surface area contributed by atoms with Crippen LogP contribution in [0.5, 0.6) is 5.75 Å². The molecule has 0 amide bonds. The molecule has 0 bridgehead atoms. The van der Waals surface area contributed by atoms with Crippen molar-refractivity contribution in [3.63, 3.8) is 0 Å². The lowest BCUT2D eigenvalue weighted by Crippen LogP contribution is -2.01. The van der Waals surface area contributed by atoms with Gasteiger partial charge < -0.3 is 10.1 Å². The molecule has 5 heteroatoms. The van der Waals surface area contributed by atoms with Crippen LogP contribution in [-0.2, 0) is 6.54 Å². The molecule has 0 fully saturated rings. The Bertz CT molecular complexity index is 490. The number of nitrogens with zero attached hydrogens (tertiary/aromatic N) is 2. The molecule has 17 heavy (non-hydrogen) atoms. The number of benzene rings is 1. The molecule has 0 radical (unpaired) electrons. The molecule has 1 aromatic heterocycles. The fourth-order valence-electron chi connectivity index (χ4n) is 1.39. The molecule has 0 aliphatic carbocycles. The van der Waals surface area contributed by atoms with Crippen molar-refractivity contribution in [2.45, 2.75) is 6.54 Å². The highest BCUT2D eigenvalue weighted by molar-refractivity contribution is 6.33. The first-order valence-electron chi connectivity index (χ1n) is 5.11. The first-order chi connectivity index (χ1) is 8.29. The van der Waals surface area contributed by atoms with Crippen molar-refractivity contribution in [3.8, 4) is 5.75 Å². The summed E-state index contributed by atoms with van der Waals surface area (Å²) in [4.78, 5) is 7.89. The quantitative estimate of drug-likeness (QED) is 0.905. The Labute approximate surface area is 105 Å². The van der Waals surface area contributed by atoms with Crippen LogP contribution >= 0.6 is 11.6 Å². The third kappa shape index (κ3) is 3.07. The van der Waals surface area contributed by atoms with Gasteiger partial charge in [0.2, 0.25) is 0 Å². The summed E-state index contributed by atoms with van der Waals surface area (Å²) in [6.45, 7) is 0.619. The van der Waals surface area contributed by atoms with E-state index in [-0.39, 0.29) is 0 Å². The van der Waals surface area contributed by atoms with Gasteiger partial charge in [-0.1, -0.05) is 11.6 Å². The molecule has 1 N–H and O–H groups in total. The molecule has 0 unspecified atom stereocenters. The van der Waals surface area contributed by atoms with Crippen molar-refractivity contribution in [2.24, 2.45) is 0 Å². The van der Waals surface area contributed by atoms with Gasteiger partial charge in [-0.05, 0) is 12.1 Å². The van der Waals surface area contributed by atoms with E-state index in [0.717, 1.165) is 17.0 Å². The number of hydrogen-bond donors (Lipinski definition) is 1. The average Bonchev–Trinajstić information content (AvgIpc) is 2.39. The Morgan fingerprint density at radius 1 is 1.29 bits per heavy atom. The summed E-state index contributed by atoms with van der Waals surface area (Å²) < 4.78 is 5.14. The van der Waals surface area contributed by atoms with Gasteiger partial charge in [0.15, 0.2) is 0 Å². The van der Waals surface area contributed by atoms with Crippen LogP contribution in [0.1, 0.15) is 5.56 Å². The highest BCUT2D eigenvalue weighted by Crippen LogP contribution is 2.26. The maximum atomic E-state index is 6.07. The fourth-order valence-corrected chi connectivity index (χ4v) is 1.57. The lowest BCUT2D eigenvalue weighted by Gasteiger charge is -2.09. The van der Waals surface area contributed by atoms with Gasteiger partial charge in [-0.15, -0.1) is 0 Å². The number of anilines is 1. The Hall–Kier alpha value is -1.81. The van der Waals surface area contributed by atoms with E-state index in [0.29, 0.717) is 11.6 Å². The minimum Gasteiger partial charge on any atom is -0.497 e. The third-order valence-electron chi connectivity index (χ3n) is 2.27. The highest BCUT2D eigenvalue weighted by atomic mass is 35.5. The van der Waals surface area contributed by atoms with Gasteiger partial charge in [0, 0.05) is 30.6 Å². The van der Waals surface area contributed by atoms with E-state index < -0.39 is 0 Å². The van der Waals surface area contributed by atoms with E-state index in [1.54, 1.807) is 25.6 Å². The van der Waals surface area contributed by atoms with Crippen LogP contribution in [0.15, 0.2) is 36.9 Å². The van der Waals surface area contributed by atoms with Crippen LogP contribution < -0.4 is 10.1 Å². The standard InChI is InChI=1S/C12H12ClN3O/c1-17-10-2-3-11(13)12(4-10)16-7-9-5-14-8-15-6-9/h2-6,8,16H,7H2,1H3. The van der Waals surface area contributed by atoms with E-state index in [4.69, 9.17) is 16.3 Å². The first kappa shape index (κ1) is 11.7. The summed E-state index contributed by atoms with van der Waals surface area (Å²) in [7, 11) is 1.62. The minimum atomic E-state index is 0.619. The molecule has 0 atom stereocenters. The lowest BCUT2D eigenvalue weighted by molar-refractivity contribution is 0.415. The maximum Gasteiger partial charge on any atom is 0.121 e. The van der Waals surface area contributed by atoms with Crippen LogP contribution in [0.2, 0.25) is 5.02 Å². The van der Waals surface area contributed by atoms with Gasteiger partial charge >= 0.3 is 0 Å². The van der Waals surface area contributed by atoms with Gasteiger partial charge in [-0.2, -0.15) is 0 Å². The molecule has 0 saturated heterocycles. The molecule has 1 aromatic carbocycles. The number of rotatable bonds is 4. The Morgan fingerprint density at radius 2 is 2.06 bits per heavy atom. The van der Waals surface area contributed by atoms with Crippen molar-refractivity contribution >= 4 is 17.3 Å². The topological polar surface area (TPSA) is 47.0 Å². The summed E-state index contributed by atoms with van der Waals surface area (Å²) in [6, 6.07) is 5.47. The molecule has 1 heterocycles. The van der Waals surface area contributed by atoms with E-state index >= 15 is 0 Å². The smallest absolute Gasteiger partial charge is 0.121 e. The largest absolute Gasteiger partial charge is 0.497 e. The molecule has 0 aliphatic heterocycles. The molecule has 0 saturated carbocycles. The van der Waals surface area contributed by atoms with Gasteiger partial charge in [-0.25, -0.2) is 9.97 Å². The molecule has 88 valence electrons. The van der Waals surface area contributed by atoms with Crippen molar-refractivity contribution in [2.75, 3.05) is 12.4 Å². The summed E-state index contributed by atoms with van der Waals surface area (Å²) in [5, 5.41) is 3.87. The summed E-state index contributed by atoms with van der Waals surface area (Å²) >= 11 is 6.07. The highest BCUT2D eigenvalue weighted by Gasteiger charge is 2.02. The monoisotopic (exact) mass is 249 g/mol. The number of halogens is 1. The zero-order valence-corrected chi connectivity index (χ0v) is 10.1. The second-order valence-corrected chi connectivity index (χ2v) is 3.85. The summed E-state index contributed by atoms with van der Waals surface area (Å²) in [5.74, 6) is 0.765. The summed E-state index contributed by atoms with van der Waals surface area (Å²) in [5.41, 5.74) is 1.82. The van der Waals surface area contributed by atoms with Crippen molar-refractivity contribution in [1.29, 1.82) is 0 Å². The number of nitrogens with one attached hydrogen (secondary N) is 1. The van der Waals surface area contributed by atoms with Crippen LogP contribution in [0.4, 0.5) is 5.69 Å². The maximum absolute atomic E-state index is 6.07. The van der Waals surface area contributed by atoms with Crippen LogP contribution in [-0.4, -0.2) is 17.1 Å². The van der Waals surface area contributed by atoms with Crippen molar-refractivity contribution in [3.05, 3.63) is 47.5 Å². The molecule has 0 spiro atoms. The van der Waals surface area contributed by atoms with Crippen LogP contribution in [0, 0.1) is 0 Å². The van der Waals surface area contributed by atoms with Gasteiger partial charge in [0.25, 0.3) is 0 Å². The SMILES string of the molecule is COc1ccc(Cl)c(NCc2cncnc2)c1. The normalized spacial score (nSPS) is 10.0. The first-order valence-corrected chi connectivity index (χ1v) is 5.48. The van der Waals surface area contributed by atoms with Crippen molar-refractivity contribution in [1.82, 2.24) is 9.97 Å². The molecule has 4 nitrogen and oxygen atoms in total. The summed E-state index contributed by atoms with van der Waals surface area (Å²) in [6.07, 6.45) is 5.02. The number of hydrogen-bond acceptors (Lipinski definition) is 4. The van der Waals surface area contributed by atoms with Crippen molar-refractivity contribution < 1.29 is 4.74 Å². The Kier molecular flexibility index (Phi) is 3.77. The predicted octanol–water partition coefficient (Wildman–Crippen LogP) is 2.75. The van der Waals surface area contributed by atoms with Gasteiger partial charge in [0.05, 0.1) is 17.8 Å². The molecule has 2 rings (SSSR count). The van der Waals surface area contributed by atoms with Crippen LogP contribution in [0.3, 0.4) is 0 Å². The Balaban J connectivity index is 2.08. The van der Waals surface area contributed by atoms with Gasteiger partial charge in [-0.3, -0.25) is 0 Å². The van der Waals surface area contributed by atoms with E-state index in [9.17, 15) is 0 Å². The zero-order chi connectivity index (χ0) is 12.1. The second-order valence-electron chi connectivity index (χ2n) is 3.45. The average molecular weight is 250 g/mol. The Morgan fingerprint density at radius 3 is 2.76 bits per heavy atom. The second kappa shape index (κ2) is 5.50. The zero-order valence-electron chi connectivity index (χ0n) is 9.35. The van der Waals surface area contributed by atoms with Crippen LogP contribution in [0.25, 0.3) is 0 Å². The van der Waals surface area contributed by atoms with E-state index in [1.807, 2.05) is 12.1 Å². The van der Waals surface area contributed by atoms with Gasteiger partial charge in [0.1, 0.15) is 12.1 Å². The fraction of sp³-hybridized carbons (Fsp3) is 0.167. The van der Waals surface area contributed by atoms with E-state index in [2.05, 4.69) is 15.3 Å². The predicted molar refractivity (Wildman–Crippen MR) is 67.4 cm³/mol. The van der Waals surface area contributed by atoms with E-state index in [1.165, 1.54) is 6.33 Å². The third-order valence-corrected chi connectivity index (χ3v) is 2.60. The molecule has 2 aromatic rings. The number of methoxy groups -OCH3 is 1. The molecular weight excluding hydrogens is 238 g/mol. The molecular formula is C12H12ClN3O.